The van der Waals surface area contributed by atoms with Crippen LogP contribution in [0.15, 0.2) is 48.5 Å². The fourth-order valence-corrected chi connectivity index (χ4v) is 3.30. The summed E-state index contributed by atoms with van der Waals surface area (Å²) < 4.78 is 50.5. The highest BCUT2D eigenvalue weighted by atomic mass is 19.4. The molecular formula is C21H15F3N4O4. The molecule has 0 aliphatic carbocycles. The molecular weight excluding hydrogens is 429 g/mol. The Hall–Kier alpha value is -4.15. The zero-order valence-corrected chi connectivity index (χ0v) is 16.7. The summed E-state index contributed by atoms with van der Waals surface area (Å²) in [6.45, 7) is 0. The predicted octanol–water partition coefficient (Wildman–Crippen LogP) is 4.01. The number of imidazole rings is 1. The van der Waals surface area contributed by atoms with Crippen molar-refractivity contribution in [3.05, 3.63) is 65.6 Å². The van der Waals surface area contributed by atoms with Gasteiger partial charge < -0.3 is 14.5 Å². The largest absolute Gasteiger partial charge is 0.465 e. The van der Waals surface area contributed by atoms with Crippen molar-refractivity contribution < 1.29 is 32.2 Å². The van der Waals surface area contributed by atoms with Gasteiger partial charge in [0, 0.05) is 5.56 Å². The van der Waals surface area contributed by atoms with Gasteiger partial charge in [-0.15, -0.1) is 0 Å². The molecule has 11 heteroatoms. The van der Waals surface area contributed by atoms with Crippen LogP contribution in [0.1, 0.15) is 26.7 Å². The summed E-state index contributed by atoms with van der Waals surface area (Å²) in [7, 11) is 2.25. The molecule has 0 spiro atoms. The Labute approximate surface area is 178 Å². The number of hydrogen-bond acceptors (Lipinski definition) is 6. The lowest BCUT2D eigenvalue weighted by molar-refractivity contribution is -0.144. The number of carbonyl (C=O) groups excluding carboxylic acids is 2. The van der Waals surface area contributed by atoms with Gasteiger partial charge in [-0.2, -0.15) is 18.3 Å². The van der Waals surface area contributed by atoms with Crippen LogP contribution in [0.3, 0.4) is 0 Å². The number of halogens is 3. The number of para-hydroxylation sites is 2. The molecule has 2 heterocycles. The zero-order chi connectivity index (χ0) is 23.0. The van der Waals surface area contributed by atoms with E-state index >= 15 is 0 Å². The van der Waals surface area contributed by atoms with Gasteiger partial charge in [0.2, 0.25) is 5.82 Å². The van der Waals surface area contributed by atoms with Gasteiger partial charge in [-0.05, 0) is 18.2 Å². The molecule has 0 radical (unpaired) electrons. The fourth-order valence-electron chi connectivity index (χ4n) is 3.30. The lowest BCUT2D eigenvalue weighted by Crippen LogP contribution is -2.15. The maximum absolute atomic E-state index is 13.2. The maximum Gasteiger partial charge on any atom is 0.449 e. The first-order chi connectivity index (χ1) is 15.3. The van der Waals surface area contributed by atoms with Crippen LogP contribution >= 0.6 is 0 Å². The fraction of sp³-hybridized carbons (Fsp3) is 0.143. The summed E-state index contributed by atoms with van der Waals surface area (Å²) >= 11 is 0. The molecule has 0 aliphatic rings. The van der Waals surface area contributed by atoms with E-state index in [-0.39, 0.29) is 33.5 Å². The molecule has 2 aromatic heterocycles. The van der Waals surface area contributed by atoms with Crippen LogP contribution in [0.2, 0.25) is 0 Å². The quantitative estimate of drug-likeness (QED) is 0.478. The molecule has 0 aliphatic heterocycles. The first-order valence-electron chi connectivity index (χ1n) is 9.17. The third-order valence-electron chi connectivity index (χ3n) is 4.69. The summed E-state index contributed by atoms with van der Waals surface area (Å²) in [6.07, 6.45) is -4.71. The summed E-state index contributed by atoms with van der Waals surface area (Å²) in [5.41, 5.74) is -0.0223. The van der Waals surface area contributed by atoms with Crippen LogP contribution in [-0.4, -0.2) is 45.9 Å². The minimum Gasteiger partial charge on any atom is -0.465 e. The zero-order valence-electron chi connectivity index (χ0n) is 16.7. The van der Waals surface area contributed by atoms with Gasteiger partial charge in [0.1, 0.15) is 11.3 Å². The highest BCUT2D eigenvalue weighted by Crippen LogP contribution is 2.35. The van der Waals surface area contributed by atoms with Gasteiger partial charge in [-0.25, -0.2) is 19.3 Å². The number of nitrogens with one attached hydrogen (secondary N) is 1. The first kappa shape index (κ1) is 21.1. The normalized spacial score (nSPS) is 11.5. The molecule has 164 valence electrons. The van der Waals surface area contributed by atoms with Crippen molar-refractivity contribution >= 4 is 23.0 Å². The van der Waals surface area contributed by atoms with Crippen LogP contribution in [0.25, 0.3) is 28.0 Å². The van der Waals surface area contributed by atoms with Crippen molar-refractivity contribution in [2.75, 3.05) is 14.2 Å². The molecule has 0 atom stereocenters. The topological polar surface area (TPSA) is 99.1 Å². The number of carbonyl (C=O) groups is 2. The maximum atomic E-state index is 13.2. The highest BCUT2D eigenvalue weighted by Gasteiger charge is 2.36. The monoisotopic (exact) mass is 444 g/mol. The van der Waals surface area contributed by atoms with Gasteiger partial charge in [-0.1, -0.05) is 30.3 Å². The molecule has 4 aromatic rings. The molecule has 0 fully saturated rings. The Morgan fingerprint density at radius 3 is 2.28 bits per heavy atom. The van der Waals surface area contributed by atoms with E-state index in [4.69, 9.17) is 9.47 Å². The van der Waals surface area contributed by atoms with E-state index in [0.717, 1.165) is 14.2 Å². The van der Waals surface area contributed by atoms with Crippen LogP contribution in [-0.2, 0) is 15.7 Å². The number of rotatable bonds is 4. The predicted molar refractivity (Wildman–Crippen MR) is 106 cm³/mol. The second kappa shape index (κ2) is 7.84. The van der Waals surface area contributed by atoms with Gasteiger partial charge in [0.05, 0.1) is 30.9 Å². The number of alkyl halides is 3. The number of methoxy groups -OCH3 is 2. The van der Waals surface area contributed by atoms with Crippen LogP contribution in [0.4, 0.5) is 13.2 Å². The Morgan fingerprint density at radius 1 is 0.969 bits per heavy atom. The number of fused-ring (bicyclic) bond motifs is 1. The number of aromatic amines is 1. The average molecular weight is 444 g/mol. The number of nitrogens with zero attached hydrogens (tertiary/aromatic N) is 3. The van der Waals surface area contributed by atoms with E-state index in [2.05, 4.69) is 15.1 Å². The summed E-state index contributed by atoms with van der Waals surface area (Å²) in [5, 5.41) is 4.39. The lowest BCUT2D eigenvalue weighted by Gasteiger charge is -2.07. The second-order valence-electron chi connectivity index (χ2n) is 6.59. The van der Waals surface area contributed by atoms with E-state index < -0.39 is 23.9 Å². The van der Waals surface area contributed by atoms with Crippen molar-refractivity contribution in [2.45, 2.75) is 6.18 Å². The van der Waals surface area contributed by atoms with Crippen molar-refractivity contribution in [3.8, 4) is 16.9 Å². The van der Waals surface area contributed by atoms with Crippen molar-refractivity contribution in [3.63, 3.8) is 0 Å². The molecule has 32 heavy (non-hydrogen) atoms. The summed E-state index contributed by atoms with van der Waals surface area (Å²) in [6, 6.07) is 12.8. The third-order valence-corrected chi connectivity index (χ3v) is 4.69. The Balaban J connectivity index is 2.07. The van der Waals surface area contributed by atoms with Crippen LogP contribution in [0.5, 0.6) is 0 Å². The average Bonchev–Trinajstić information content (AvgIpc) is 3.40. The number of ether oxygens (including phenoxy) is 2. The smallest absolute Gasteiger partial charge is 0.449 e. The molecule has 0 saturated carbocycles. The molecule has 0 bridgehead atoms. The first-order valence-corrected chi connectivity index (χ1v) is 9.17. The van der Waals surface area contributed by atoms with Gasteiger partial charge in [0.25, 0.3) is 0 Å². The molecule has 0 unspecified atom stereocenters. The van der Waals surface area contributed by atoms with Gasteiger partial charge in [0.15, 0.2) is 5.69 Å². The van der Waals surface area contributed by atoms with E-state index in [1.165, 1.54) is 22.9 Å². The van der Waals surface area contributed by atoms with Gasteiger partial charge >= 0.3 is 18.1 Å². The molecule has 1 N–H and O–H groups in total. The van der Waals surface area contributed by atoms with Gasteiger partial charge in [-0.3, -0.25) is 0 Å². The van der Waals surface area contributed by atoms with Crippen molar-refractivity contribution in [1.82, 2.24) is 19.7 Å². The third kappa shape index (κ3) is 3.47. The van der Waals surface area contributed by atoms with Crippen LogP contribution < -0.4 is 0 Å². The van der Waals surface area contributed by atoms with Crippen LogP contribution in [0, 0.1) is 0 Å². The van der Waals surface area contributed by atoms with E-state index in [9.17, 15) is 22.8 Å². The summed E-state index contributed by atoms with van der Waals surface area (Å²) in [5.74, 6) is -2.99. The number of H-pyrrole nitrogens is 1. The van der Waals surface area contributed by atoms with Crippen molar-refractivity contribution in [1.29, 1.82) is 0 Å². The SMILES string of the molecule is COC(=O)c1c(-c2cccc3[nH]c(C(F)(F)F)nc23)nn(-c2ccccc2)c1C(=O)OC. The Bertz CT molecular complexity index is 1330. The number of esters is 2. The number of aromatic nitrogens is 4. The van der Waals surface area contributed by atoms with Crippen molar-refractivity contribution in [2.24, 2.45) is 0 Å². The lowest BCUT2D eigenvalue weighted by atomic mass is 10.0. The molecule has 2 aromatic carbocycles. The number of benzene rings is 2. The van der Waals surface area contributed by atoms with E-state index in [1.807, 2.05) is 0 Å². The second-order valence-corrected chi connectivity index (χ2v) is 6.59. The highest BCUT2D eigenvalue weighted by molar-refractivity contribution is 6.08. The van der Waals surface area contributed by atoms with E-state index in [1.54, 1.807) is 30.3 Å². The minimum atomic E-state index is -4.71. The molecule has 0 saturated heterocycles. The molecule has 4 rings (SSSR count). The Kier molecular flexibility index (Phi) is 5.17. The van der Waals surface area contributed by atoms with E-state index in [0.29, 0.717) is 5.69 Å². The Morgan fingerprint density at radius 2 is 1.66 bits per heavy atom. The molecule has 0 amide bonds. The molecule has 8 nitrogen and oxygen atoms in total. The standard InChI is InChI=1S/C21H15F3N4O4/c1-31-18(29)14-16(12-9-6-10-13-15(12)26-20(25-13)21(22,23)24)27-28(17(14)19(30)32-2)11-7-4-3-5-8-11/h3-10H,1-2H3,(H,25,26). The number of hydrogen-bond donors (Lipinski definition) is 1. The minimum absolute atomic E-state index is 0.0703. The summed E-state index contributed by atoms with van der Waals surface area (Å²) in [4.78, 5) is 31.2.